The quantitative estimate of drug-likeness (QED) is 0.211. The number of H-pyrrole nitrogens is 1. The number of aliphatic hydroxyl groups excluding tert-OH is 1. The maximum absolute atomic E-state index is 14.9. The monoisotopic (exact) mass is 661 g/mol. The molecular weight excluding hydrogens is 625 g/mol. The van der Waals surface area contributed by atoms with E-state index in [4.69, 9.17) is 0 Å². The molecule has 3 aromatic heterocycles. The average molecular weight is 662 g/mol. The number of aliphatic hydroxyl groups is 1. The summed E-state index contributed by atoms with van der Waals surface area (Å²) in [5.41, 5.74) is 5.39. The van der Waals surface area contributed by atoms with Gasteiger partial charge in [-0.25, -0.2) is 19.2 Å². The molecule has 2 aliphatic rings. The minimum Gasteiger partial charge on any atom is -0.392 e. The van der Waals surface area contributed by atoms with E-state index in [1.807, 2.05) is 24.3 Å². The van der Waals surface area contributed by atoms with Gasteiger partial charge in [0, 0.05) is 74.9 Å². The Balaban J connectivity index is 1.11. The Morgan fingerprint density at radius 2 is 1.61 bits per heavy atom. The second kappa shape index (κ2) is 13.1. The van der Waals surface area contributed by atoms with E-state index in [1.54, 1.807) is 54.4 Å². The Hall–Kier alpha value is -5.62. The van der Waals surface area contributed by atoms with E-state index in [0.29, 0.717) is 54.4 Å². The van der Waals surface area contributed by atoms with Gasteiger partial charge in [0.1, 0.15) is 17.3 Å². The molecule has 5 aromatic rings. The number of nitrogens with one attached hydrogen (secondary N) is 2. The molecule has 250 valence electrons. The molecule has 1 saturated carbocycles. The summed E-state index contributed by atoms with van der Waals surface area (Å²) in [6.45, 7) is 1.50. The third-order valence-corrected chi connectivity index (χ3v) is 9.22. The van der Waals surface area contributed by atoms with Gasteiger partial charge in [0.25, 0.3) is 11.8 Å². The van der Waals surface area contributed by atoms with Crippen molar-refractivity contribution in [3.63, 3.8) is 0 Å². The Bertz CT molecular complexity index is 2070. The van der Waals surface area contributed by atoms with Gasteiger partial charge in [-0.15, -0.1) is 0 Å². The molecule has 0 radical (unpaired) electrons. The van der Waals surface area contributed by atoms with Crippen LogP contribution in [0.1, 0.15) is 50.6 Å². The standard InChI is InChI=1S/C37H36FN7O4/c1-43(2)37(49)45-17-15-44(16-18-45)36(48)24-7-5-23(6-8-24)32-20-29-26(11-13-39-33(29)41-32)27-12-14-40-34(30(27)21-46)42-35(47)28-10-9-25(19-31(28)38)22-3-4-22/h5-14,19-20,22,46H,3-4,15-18,21H2,1-2H3,(H,39,41)(H,40,42,47). The van der Waals surface area contributed by atoms with E-state index in [9.17, 15) is 23.9 Å². The largest absolute Gasteiger partial charge is 0.392 e. The summed E-state index contributed by atoms with van der Waals surface area (Å²) >= 11 is 0. The number of nitrogens with zero attached hydrogens (tertiary/aromatic N) is 5. The van der Waals surface area contributed by atoms with Crippen LogP contribution in [0.25, 0.3) is 33.4 Å². The highest BCUT2D eigenvalue weighted by Crippen LogP contribution is 2.40. The fraction of sp³-hybridized carbons (Fsp3) is 0.270. The molecule has 1 aliphatic carbocycles. The van der Waals surface area contributed by atoms with Gasteiger partial charge in [-0.3, -0.25) is 9.59 Å². The summed E-state index contributed by atoms with van der Waals surface area (Å²) < 4.78 is 14.9. The van der Waals surface area contributed by atoms with Crippen molar-refractivity contribution in [2.45, 2.75) is 25.4 Å². The number of pyridine rings is 2. The number of aromatic amines is 1. The predicted molar refractivity (Wildman–Crippen MR) is 184 cm³/mol. The molecule has 0 unspecified atom stereocenters. The van der Waals surface area contributed by atoms with E-state index in [0.717, 1.165) is 40.6 Å². The number of hydrogen-bond donors (Lipinski definition) is 3. The molecule has 1 saturated heterocycles. The molecule has 4 amide bonds. The molecule has 0 bridgehead atoms. The van der Waals surface area contributed by atoms with E-state index >= 15 is 0 Å². The van der Waals surface area contributed by atoms with Crippen molar-refractivity contribution in [1.29, 1.82) is 0 Å². The molecule has 49 heavy (non-hydrogen) atoms. The first-order chi connectivity index (χ1) is 23.7. The third-order valence-electron chi connectivity index (χ3n) is 9.22. The molecule has 2 aromatic carbocycles. The summed E-state index contributed by atoms with van der Waals surface area (Å²) in [6.07, 6.45) is 5.25. The van der Waals surface area contributed by atoms with Crippen LogP contribution in [0.2, 0.25) is 0 Å². The summed E-state index contributed by atoms with van der Waals surface area (Å²) in [5, 5.41) is 13.9. The number of halogens is 1. The van der Waals surface area contributed by atoms with Crippen molar-refractivity contribution < 1.29 is 23.9 Å². The molecular formula is C37H36FN7O4. The minimum absolute atomic E-state index is 0.0576. The first kappa shape index (κ1) is 32.0. The zero-order valence-electron chi connectivity index (χ0n) is 27.2. The lowest BCUT2D eigenvalue weighted by molar-refractivity contribution is 0.0650. The van der Waals surface area contributed by atoms with E-state index in [2.05, 4.69) is 20.3 Å². The molecule has 2 fully saturated rings. The van der Waals surface area contributed by atoms with Crippen LogP contribution in [0.5, 0.6) is 0 Å². The van der Waals surface area contributed by atoms with Crippen molar-refractivity contribution >= 4 is 34.7 Å². The number of piperazine rings is 1. The van der Waals surface area contributed by atoms with Crippen LogP contribution < -0.4 is 5.32 Å². The summed E-state index contributed by atoms with van der Waals surface area (Å²) in [6, 6.07) is 17.5. The summed E-state index contributed by atoms with van der Waals surface area (Å²) in [4.78, 5) is 55.8. The molecule has 1 aliphatic heterocycles. The summed E-state index contributed by atoms with van der Waals surface area (Å²) in [7, 11) is 3.43. The van der Waals surface area contributed by atoms with Gasteiger partial charge in [-0.1, -0.05) is 18.2 Å². The van der Waals surface area contributed by atoms with Gasteiger partial charge in [0.15, 0.2) is 0 Å². The van der Waals surface area contributed by atoms with E-state index in [1.165, 1.54) is 23.2 Å². The van der Waals surface area contributed by atoms with Crippen molar-refractivity contribution in [2.24, 2.45) is 0 Å². The fourth-order valence-electron chi connectivity index (χ4n) is 6.35. The molecule has 11 nitrogen and oxygen atoms in total. The van der Waals surface area contributed by atoms with Gasteiger partial charge in [0.2, 0.25) is 0 Å². The van der Waals surface area contributed by atoms with Crippen molar-refractivity contribution in [3.05, 3.63) is 101 Å². The number of carbonyl (C=O) groups is 3. The lowest BCUT2D eigenvalue weighted by Gasteiger charge is -2.36. The zero-order chi connectivity index (χ0) is 34.2. The van der Waals surface area contributed by atoms with E-state index < -0.39 is 18.3 Å². The SMILES string of the molecule is CN(C)C(=O)N1CCN(C(=O)c2ccc(-c3cc4c(-c5ccnc(NC(=O)c6ccc(C7CC7)cc6F)c5CO)ccnc4[nH]3)cc2)CC1. The van der Waals surface area contributed by atoms with Crippen LogP contribution in [-0.4, -0.2) is 92.9 Å². The van der Waals surface area contributed by atoms with Crippen LogP contribution >= 0.6 is 0 Å². The number of hydrogen-bond acceptors (Lipinski definition) is 6. The highest BCUT2D eigenvalue weighted by Gasteiger charge is 2.27. The zero-order valence-corrected chi connectivity index (χ0v) is 27.2. The molecule has 0 atom stereocenters. The molecule has 4 heterocycles. The minimum atomic E-state index is -0.647. The van der Waals surface area contributed by atoms with Crippen LogP contribution in [0.3, 0.4) is 0 Å². The number of fused-ring (bicyclic) bond motifs is 1. The Morgan fingerprint density at radius 1 is 0.918 bits per heavy atom. The van der Waals surface area contributed by atoms with Gasteiger partial charge < -0.3 is 30.1 Å². The second-order valence-electron chi connectivity index (χ2n) is 12.6. The average Bonchev–Trinajstić information content (AvgIpc) is 3.88. The maximum atomic E-state index is 14.9. The highest BCUT2D eigenvalue weighted by molar-refractivity contribution is 6.05. The number of benzene rings is 2. The smallest absolute Gasteiger partial charge is 0.319 e. The number of aromatic nitrogens is 3. The predicted octanol–water partition coefficient (Wildman–Crippen LogP) is 5.49. The summed E-state index contributed by atoms with van der Waals surface area (Å²) in [5.74, 6) is -0.818. The number of urea groups is 1. The topological polar surface area (TPSA) is 135 Å². The number of carbonyl (C=O) groups excluding carboxylic acids is 3. The first-order valence-corrected chi connectivity index (χ1v) is 16.3. The van der Waals surface area contributed by atoms with Crippen molar-refractivity contribution in [1.82, 2.24) is 29.7 Å². The van der Waals surface area contributed by atoms with E-state index in [-0.39, 0.29) is 23.3 Å². The molecule has 3 N–H and O–H groups in total. The third kappa shape index (κ3) is 6.34. The van der Waals surface area contributed by atoms with Gasteiger partial charge in [-0.2, -0.15) is 0 Å². The van der Waals surface area contributed by atoms with Crippen LogP contribution in [-0.2, 0) is 6.61 Å². The lowest BCUT2D eigenvalue weighted by atomic mass is 9.99. The number of anilines is 1. The Kier molecular flexibility index (Phi) is 8.55. The second-order valence-corrected chi connectivity index (χ2v) is 12.6. The fourth-order valence-corrected chi connectivity index (χ4v) is 6.35. The number of rotatable bonds is 7. The molecule has 0 spiro atoms. The van der Waals surface area contributed by atoms with Gasteiger partial charge in [0.05, 0.1) is 12.2 Å². The molecule has 12 heteroatoms. The Labute approximate surface area is 282 Å². The highest BCUT2D eigenvalue weighted by atomic mass is 19.1. The normalized spacial score (nSPS) is 14.6. The van der Waals surface area contributed by atoms with Gasteiger partial charge >= 0.3 is 6.03 Å². The van der Waals surface area contributed by atoms with Gasteiger partial charge in [-0.05, 0) is 83.5 Å². The Morgan fingerprint density at radius 3 is 2.29 bits per heavy atom. The van der Waals surface area contributed by atoms with Crippen molar-refractivity contribution in [2.75, 3.05) is 45.6 Å². The van der Waals surface area contributed by atoms with Crippen molar-refractivity contribution in [3.8, 4) is 22.4 Å². The lowest BCUT2D eigenvalue weighted by Crippen LogP contribution is -2.52. The molecule has 7 rings (SSSR count). The van der Waals surface area contributed by atoms with Crippen LogP contribution in [0.4, 0.5) is 15.0 Å². The number of amides is 4. The van der Waals surface area contributed by atoms with Crippen LogP contribution in [0.15, 0.2) is 73.1 Å². The maximum Gasteiger partial charge on any atom is 0.319 e. The van der Waals surface area contributed by atoms with Crippen LogP contribution in [0, 0.1) is 5.82 Å². The first-order valence-electron chi connectivity index (χ1n) is 16.3.